The van der Waals surface area contributed by atoms with Crippen LogP contribution in [0.5, 0.6) is 0 Å². The number of halogens is 1. The molecule has 1 nitrogen and oxygen atoms in total. The van der Waals surface area contributed by atoms with Gasteiger partial charge in [-0.1, -0.05) is 52.2 Å². The molecule has 0 bridgehead atoms. The van der Waals surface area contributed by atoms with Crippen LogP contribution in [0, 0.1) is 11.7 Å². The molecule has 0 aliphatic carbocycles. The highest BCUT2D eigenvalue weighted by Gasteiger charge is 2.18. The van der Waals surface area contributed by atoms with Crippen molar-refractivity contribution in [3.63, 3.8) is 0 Å². The van der Waals surface area contributed by atoms with Gasteiger partial charge in [0.05, 0.1) is 0 Å². The van der Waals surface area contributed by atoms with Crippen LogP contribution < -0.4 is 5.32 Å². The summed E-state index contributed by atoms with van der Waals surface area (Å²) < 4.78 is 12.9. The van der Waals surface area contributed by atoms with E-state index in [1.54, 1.807) is 12.1 Å². The second-order valence-electron chi connectivity index (χ2n) is 5.31. The van der Waals surface area contributed by atoms with E-state index in [1.807, 2.05) is 12.1 Å². The van der Waals surface area contributed by atoms with Crippen LogP contribution >= 0.6 is 0 Å². The Morgan fingerprint density at radius 3 is 2.32 bits per heavy atom. The van der Waals surface area contributed by atoms with E-state index in [-0.39, 0.29) is 5.82 Å². The normalized spacial score (nSPS) is 14.3. The third-order valence-corrected chi connectivity index (χ3v) is 3.86. The molecule has 0 saturated heterocycles. The SMILES string of the molecule is CCCCC(CC)C(Cc1ccc(F)cc1)NCC. The Kier molecular flexibility index (Phi) is 7.73. The Morgan fingerprint density at radius 2 is 1.79 bits per heavy atom. The molecular weight excluding hydrogens is 237 g/mol. The smallest absolute Gasteiger partial charge is 0.123 e. The lowest BCUT2D eigenvalue weighted by Gasteiger charge is -2.27. The molecule has 0 amide bonds. The van der Waals surface area contributed by atoms with Gasteiger partial charge in [-0.3, -0.25) is 0 Å². The summed E-state index contributed by atoms with van der Waals surface area (Å²) in [5.41, 5.74) is 1.22. The summed E-state index contributed by atoms with van der Waals surface area (Å²) in [6.07, 6.45) is 6.04. The van der Waals surface area contributed by atoms with E-state index in [0.717, 1.165) is 13.0 Å². The molecule has 1 rings (SSSR count). The van der Waals surface area contributed by atoms with Crippen molar-refractivity contribution in [2.45, 2.75) is 58.9 Å². The van der Waals surface area contributed by atoms with Crippen molar-refractivity contribution in [2.24, 2.45) is 5.92 Å². The molecule has 1 N–H and O–H groups in total. The highest BCUT2D eigenvalue weighted by molar-refractivity contribution is 5.17. The van der Waals surface area contributed by atoms with Crippen molar-refractivity contribution < 1.29 is 4.39 Å². The Labute approximate surface area is 117 Å². The number of benzene rings is 1. The van der Waals surface area contributed by atoms with E-state index in [4.69, 9.17) is 0 Å². The van der Waals surface area contributed by atoms with Crippen LogP contribution in [-0.2, 0) is 6.42 Å². The summed E-state index contributed by atoms with van der Waals surface area (Å²) in [5.74, 6) is 0.562. The highest BCUT2D eigenvalue weighted by Crippen LogP contribution is 2.20. The maximum absolute atomic E-state index is 12.9. The minimum absolute atomic E-state index is 0.151. The summed E-state index contributed by atoms with van der Waals surface area (Å²) in [7, 11) is 0. The average molecular weight is 265 g/mol. The van der Waals surface area contributed by atoms with Gasteiger partial charge < -0.3 is 5.32 Å². The Hall–Kier alpha value is -0.890. The molecule has 19 heavy (non-hydrogen) atoms. The van der Waals surface area contributed by atoms with Crippen LogP contribution in [0.4, 0.5) is 4.39 Å². The zero-order chi connectivity index (χ0) is 14.1. The van der Waals surface area contributed by atoms with Gasteiger partial charge in [-0.25, -0.2) is 4.39 Å². The van der Waals surface area contributed by atoms with Crippen molar-refractivity contribution >= 4 is 0 Å². The van der Waals surface area contributed by atoms with Crippen LogP contribution in [-0.4, -0.2) is 12.6 Å². The first-order valence-corrected chi connectivity index (χ1v) is 7.69. The number of nitrogens with one attached hydrogen (secondary N) is 1. The van der Waals surface area contributed by atoms with Crippen molar-refractivity contribution in [1.29, 1.82) is 0 Å². The molecule has 1 aromatic rings. The maximum atomic E-state index is 12.9. The van der Waals surface area contributed by atoms with Crippen LogP contribution in [0.25, 0.3) is 0 Å². The summed E-state index contributed by atoms with van der Waals surface area (Å²) in [6.45, 7) is 7.67. The van der Waals surface area contributed by atoms with Crippen LogP contribution in [0.1, 0.15) is 52.0 Å². The zero-order valence-electron chi connectivity index (χ0n) is 12.6. The number of hydrogen-bond acceptors (Lipinski definition) is 1. The lowest BCUT2D eigenvalue weighted by atomic mass is 9.87. The number of rotatable bonds is 9. The zero-order valence-corrected chi connectivity index (χ0v) is 12.6. The lowest BCUT2D eigenvalue weighted by molar-refractivity contribution is 0.319. The van der Waals surface area contributed by atoms with Crippen molar-refractivity contribution in [3.8, 4) is 0 Å². The number of hydrogen-bond donors (Lipinski definition) is 1. The van der Waals surface area contributed by atoms with Crippen LogP contribution in [0.2, 0.25) is 0 Å². The fourth-order valence-electron chi connectivity index (χ4n) is 2.70. The van der Waals surface area contributed by atoms with Gasteiger partial charge >= 0.3 is 0 Å². The third-order valence-electron chi connectivity index (χ3n) is 3.86. The molecule has 0 fully saturated rings. The third kappa shape index (κ3) is 5.73. The van der Waals surface area contributed by atoms with Gasteiger partial charge in [0.15, 0.2) is 0 Å². The largest absolute Gasteiger partial charge is 0.314 e. The fraction of sp³-hybridized carbons (Fsp3) is 0.647. The molecule has 0 radical (unpaired) electrons. The van der Waals surface area contributed by atoms with E-state index in [9.17, 15) is 4.39 Å². The second kappa shape index (κ2) is 9.08. The van der Waals surface area contributed by atoms with Gasteiger partial charge in [0.1, 0.15) is 5.82 Å². The van der Waals surface area contributed by atoms with Crippen LogP contribution in [0.3, 0.4) is 0 Å². The lowest BCUT2D eigenvalue weighted by Crippen LogP contribution is -2.37. The molecule has 2 atom stereocenters. The molecule has 0 aliphatic heterocycles. The summed E-state index contributed by atoms with van der Waals surface area (Å²) >= 11 is 0. The standard InChI is InChI=1S/C17H28FN/c1-4-7-8-15(5-2)17(19-6-3)13-14-9-11-16(18)12-10-14/h9-12,15,17,19H,4-8,13H2,1-3H3. The fourth-order valence-corrected chi connectivity index (χ4v) is 2.70. The van der Waals surface area contributed by atoms with Crippen molar-refractivity contribution in [2.75, 3.05) is 6.54 Å². The summed E-state index contributed by atoms with van der Waals surface area (Å²) in [6, 6.07) is 7.45. The van der Waals surface area contributed by atoms with Gasteiger partial charge in [0, 0.05) is 6.04 Å². The number of unbranched alkanes of at least 4 members (excludes halogenated alkanes) is 1. The molecule has 0 spiro atoms. The van der Waals surface area contributed by atoms with E-state index in [0.29, 0.717) is 12.0 Å². The molecule has 2 unspecified atom stereocenters. The Bertz CT molecular complexity index is 334. The highest BCUT2D eigenvalue weighted by atomic mass is 19.1. The first-order chi connectivity index (χ1) is 9.21. The van der Waals surface area contributed by atoms with E-state index >= 15 is 0 Å². The van der Waals surface area contributed by atoms with Gasteiger partial charge in [-0.2, -0.15) is 0 Å². The summed E-state index contributed by atoms with van der Waals surface area (Å²) in [4.78, 5) is 0. The number of likely N-dealkylation sites (N-methyl/N-ethyl adjacent to an activating group) is 1. The van der Waals surface area contributed by atoms with E-state index in [1.165, 1.54) is 31.2 Å². The first-order valence-electron chi connectivity index (χ1n) is 7.69. The quantitative estimate of drug-likeness (QED) is 0.690. The molecule has 2 heteroatoms. The first kappa shape index (κ1) is 16.2. The molecule has 1 aromatic carbocycles. The summed E-state index contributed by atoms with van der Waals surface area (Å²) in [5, 5.41) is 3.61. The van der Waals surface area contributed by atoms with E-state index < -0.39 is 0 Å². The van der Waals surface area contributed by atoms with Crippen LogP contribution in [0.15, 0.2) is 24.3 Å². The van der Waals surface area contributed by atoms with Crippen molar-refractivity contribution in [3.05, 3.63) is 35.6 Å². The minimum atomic E-state index is -0.151. The molecule has 108 valence electrons. The molecule has 0 aromatic heterocycles. The molecule has 0 aliphatic rings. The Morgan fingerprint density at radius 1 is 1.11 bits per heavy atom. The maximum Gasteiger partial charge on any atom is 0.123 e. The topological polar surface area (TPSA) is 12.0 Å². The predicted octanol–water partition coefficient (Wildman–Crippen LogP) is 4.56. The van der Waals surface area contributed by atoms with E-state index in [2.05, 4.69) is 26.1 Å². The molecule has 0 heterocycles. The molecule has 0 saturated carbocycles. The minimum Gasteiger partial charge on any atom is -0.314 e. The second-order valence-corrected chi connectivity index (χ2v) is 5.31. The van der Waals surface area contributed by atoms with Gasteiger partial charge in [0.25, 0.3) is 0 Å². The van der Waals surface area contributed by atoms with Crippen molar-refractivity contribution in [1.82, 2.24) is 5.32 Å². The van der Waals surface area contributed by atoms with Gasteiger partial charge in [-0.15, -0.1) is 0 Å². The Balaban J connectivity index is 2.66. The van der Waals surface area contributed by atoms with Gasteiger partial charge in [0.2, 0.25) is 0 Å². The monoisotopic (exact) mass is 265 g/mol. The van der Waals surface area contributed by atoms with Gasteiger partial charge in [-0.05, 0) is 43.0 Å². The average Bonchev–Trinajstić information content (AvgIpc) is 2.42. The molecular formula is C17H28FN. The predicted molar refractivity (Wildman–Crippen MR) is 80.9 cm³/mol.